The number of rotatable bonds is 1. The van der Waals surface area contributed by atoms with Crippen LogP contribution >= 0.6 is 0 Å². The molecule has 2 aromatic carbocycles. The molecule has 0 saturated carbocycles. The van der Waals surface area contributed by atoms with Crippen molar-refractivity contribution in [1.29, 1.82) is 0 Å². The number of nitrogens with zero attached hydrogens (tertiary/aromatic N) is 1. The minimum absolute atomic E-state index is 0.0609. The van der Waals surface area contributed by atoms with Crippen molar-refractivity contribution in [2.24, 2.45) is 7.05 Å². The van der Waals surface area contributed by atoms with Crippen molar-refractivity contribution in [3.63, 3.8) is 0 Å². The molecule has 1 nitrogen and oxygen atoms in total. The molecule has 148 valence electrons. The summed E-state index contributed by atoms with van der Waals surface area (Å²) in [4.78, 5) is 0. The maximum atomic E-state index is 8.81. The third-order valence-corrected chi connectivity index (χ3v) is 6.08. The fourth-order valence-electron chi connectivity index (χ4n) is 3.81. The molecule has 1 aromatic heterocycles. The van der Waals surface area contributed by atoms with Gasteiger partial charge in [0.2, 0.25) is 5.69 Å². The van der Waals surface area contributed by atoms with Gasteiger partial charge in [-0.3, -0.25) is 0 Å². The van der Waals surface area contributed by atoms with Crippen LogP contribution in [0.3, 0.4) is 0 Å². The maximum absolute atomic E-state index is 8.81. The third kappa shape index (κ3) is 3.60. The van der Waals surface area contributed by atoms with Crippen molar-refractivity contribution in [3.05, 3.63) is 64.3 Å². The van der Waals surface area contributed by atoms with Crippen LogP contribution in [-0.2, 0) is 17.9 Å². The van der Waals surface area contributed by atoms with Crippen LogP contribution in [0, 0.1) is 20.8 Å². The maximum Gasteiger partial charge on any atom is 0.220 e. The lowest BCUT2D eigenvalue weighted by Crippen LogP contribution is -2.35. The molecule has 28 heavy (non-hydrogen) atoms. The molecular formula is C27H36N+. The first kappa shape index (κ1) is 19.2. The van der Waals surface area contributed by atoms with Gasteiger partial charge in [0.1, 0.15) is 7.05 Å². The lowest BCUT2D eigenvalue weighted by molar-refractivity contribution is -0.665. The van der Waals surface area contributed by atoms with E-state index in [0.717, 1.165) is 16.5 Å². The number of hydrogen-bond acceptors (Lipinski definition) is 0. The molecule has 0 aliphatic rings. The van der Waals surface area contributed by atoms with Crippen molar-refractivity contribution in [2.75, 3.05) is 0 Å². The molecule has 0 aliphatic heterocycles. The van der Waals surface area contributed by atoms with E-state index in [1.807, 2.05) is 0 Å². The van der Waals surface area contributed by atoms with E-state index < -0.39 is 0 Å². The van der Waals surface area contributed by atoms with Gasteiger partial charge in [-0.05, 0) is 64.5 Å². The smallest absolute Gasteiger partial charge is 0.198 e. The summed E-state index contributed by atoms with van der Waals surface area (Å²) in [7, 11) is 2.10. The number of pyridine rings is 1. The van der Waals surface area contributed by atoms with Crippen LogP contribution in [0.2, 0.25) is 0 Å². The molecular weight excluding hydrogens is 338 g/mol. The van der Waals surface area contributed by atoms with Gasteiger partial charge in [-0.1, -0.05) is 59.7 Å². The number of aromatic nitrogens is 1. The van der Waals surface area contributed by atoms with Crippen LogP contribution < -0.4 is 4.57 Å². The van der Waals surface area contributed by atoms with Crippen LogP contribution in [-0.4, -0.2) is 0 Å². The zero-order valence-electron chi connectivity index (χ0n) is 20.3. The van der Waals surface area contributed by atoms with E-state index >= 15 is 0 Å². The summed E-state index contributed by atoms with van der Waals surface area (Å²) in [5.74, 6) is 0. The zero-order valence-corrected chi connectivity index (χ0v) is 19.3. The first-order chi connectivity index (χ1) is 13.2. The Kier molecular flexibility index (Phi) is 4.61. The molecule has 0 atom stereocenters. The van der Waals surface area contributed by atoms with Gasteiger partial charge in [-0.2, -0.15) is 4.57 Å². The van der Waals surface area contributed by atoms with Crippen LogP contribution in [0.1, 0.15) is 70.9 Å². The summed E-state index contributed by atoms with van der Waals surface area (Å²) < 4.78 is 11.0. The summed E-state index contributed by atoms with van der Waals surface area (Å²) in [6, 6.07) is 12.0. The molecule has 0 radical (unpaired) electrons. The van der Waals surface area contributed by atoms with Gasteiger partial charge in [0, 0.05) is 13.0 Å². The molecule has 0 fully saturated rings. The van der Waals surface area contributed by atoms with E-state index in [9.17, 15) is 0 Å². The molecule has 0 amide bonds. The zero-order chi connectivity index (χ0) is 21.9. The van der Waals surface area contributed by atoms with E-state index in [4.69, 9.17) is 1.37 Å². The molecule has 1 heterocycles. The van der Waals surface area contributed by atoms with Gasteiger partial charge < -0.3 is 0 Å². The molecule has 0 aliphatic carbocycles. The molecule has 0 spiro atoms. The quantitative estimate of drug-likeness (QED) is 0.409. The lowest BCUT2D eigenvalue weighted by Gasteiger charge is -2.23. The first-order valence-corrected chi connectivity index (χ1v) is 10.3. The number of aryl methyl sites for hydroxylation is 1. The van der Waals surface area contributed by atoms with Gasteiger partial charge in [-0.25, -0.2) is 0 Å². The predicted molar refractivity (Wildman–Crippen MR) is 122 cm³/mol. The average molecular weight is 376 g/mol. The lowest BCUT2D eigenvalue weighted by atomic mass is 9.82. The number of hydrogen-bond donors (Lipinski definition) is 0. The Hall–Kier alpha value is -2.15. The van der Waals surface area contributed by atoms with Crippen LogP contribution in [0.5, 0.6) is 0 Å². The summed E-state index contributed by atoms with van der Waals surface area (Å²) in [5, 5.41) is 2.20. The first-order valence-electron chi connectivity index (χ1n) is 10.8. The second-order valence-electron chi connectivity index (χ2n) is 10.3. The Bertz CT molecular complexity index is 1110. The van der Waals surface area contributed by atoms with Gasteiger partial charge in [0.15, 0.2) is 5.69 Å². The molecule has 0 saturated heterocycles. The van der Waals surface area contributed by atoms with Crippen molar-refractivity contribution in [3.8, 4) is 11.3 Å². The van der Waals surface area contributed by atoms with E-state index in [0.29, 0.717) is 6.04 Å². The van der Waals surface area contributed by atoms with E-state index in [1.54, 1.807) is 0 Å². The van der Waals surface area contributed by atoms with Crippen LogP contribution in [0.15, 0.2) is 36.4 Å². The highest BCUT2D eigenvalue weighted by Crippen LogP contribution is 2.35. The Morgan fingerprint density at radius 3 is 2.00 bits per heavy atom. The molecule has 1 heteroatoms. The number of benzene rings is 2. The molecule has 0 unspecified atom stereocenters. The Labute approximate surface area is 172 Å². The van der Waals surface area contributed by atoms with Crippen LogP contribution in [0.25, 0.3) is 22.0 Å². The highest BCUT2D eigenvalue weighted by molar-refractivity contribution is 5.94. The SMILES string of the molecule is [2H]c1c(C)[n+](C)c(-c2cc(C(C)(C)C)cc(C)c2C)c2ccc(C(C)(C)C)cc12. The number of fused-ring (bicyclic) bond motifs is 1. The summed E-state index contributed by atoms with van der Waals surface area (Å²) in [6.07, 6.45) is 0. The van der Waals surface area contributed by atoms with E-state index in [2.05, 4.69) is 104 Å². The minimum atomic E-state index is 0.0609. The monoisotopic (exact) mass is 375 g/mol. The summed E-state index contributed by atoms with van der Waals surface area (Å²) >= 11 is 0. The molecule has 0 bridgehead atoms. The van der Waals surface area contributed by atoms with Crippen molar-refractivity contribution in [1.82, 2.24) is 0 Å². The fraction of sp³-hybridized carbons (Fsp3) is 0.444. The third-order valence-electron chi connectivity index (χ3n) is 6.08. The highest BCUT2D eigenvalue weighted by Gasteiger charge is 2.24. The summed E-state index contributed by atoms with van der Waals surface area (Å²) in [5.41, 5.74) is 8.88. The second-order valence-corrected chi connectivity index (χ2v) is 10.3. The van der Waals surface area contributed by atoms with Crippen molar-refractivity contribution < 1.29 is 5.94 Å². The summed E-state index contributed by atoms with van der Waals surface area (Å²) in [6.45, 7) is 20.0. The molecule has 0 N–H and O–H groups in total. The highest BCUT2D eigenvalue weighted by atomic mass is 14.9. The van der Waals surface area contributed by atoms with Crippen LogP contribution in [0.4, 0.5) is 0 Å². The van der Waals surface area contributed by atoms with Gasteiger partial charge in [0.05, 0.1) is 12.3 Å². The van der Waals surface area contributed by atoms with E-state index in [-0.39, 0.29) is 10.8 Å². The Morgan fingerprint density at radius 1 is 0.821 bits per heavy atom. The molecule has 3 rings (SSSR count). The van der Waals surface area contributed by atoms with Gasteiger partial charge in [-0.15, -0.1) is 0 Å². The predicted octanol–water partition coefficient (Wildman–Crippen LogP) is 6.85. The van der Waals surface area contributed by atoms with Gasteiger partial charge in [0.25, 0.3) is 0 Å². The van der Waals surface area contributed by atoms with E-state index in [1.165, 1.54) is 33.5 Å². The largest absolute Gasteiger partial charge is 0.220 e. The normalized spacial score (nSPS) is 13.1. The van der Waals surface area contributed by atoms with Crippen molar-refractivity contribution >= 4 is 10.8 Å². The standard InChI is InChI=1S/C27H36N/c1-17-13-22(27(7,8)9)16-24(19(17)3)25-23-12-11-21(26(4,5)6)15-20(23)14-18(2)28(25)10/h11-16H,1-10H3/q+1/i14D. The second kappa shape index (κ2) is 6.72. The molecule has 3 aromatic rings. The Balaban J connectivity index is 2.47. The van der Waals surface area contributed by atoms with Crippen molar-refractivity contribution in [2.45, 2.75) is 73.1 Å². The van der Waals surface area contributed by atoms with Gasteiger partial charge >= 0.3 is 0 Å². The Morgan fingerprint density at radius 2 is 1.43 bits per heavy atom. The minimum Gasteiger partial charge on any atom is -0.198 e. The fourth-order valence-corrected chi connectivity index (χ4v) is 3.81. The topological polar surface area (TPSA) is 3.88 Å². The average Bonchev–Trinajstić information content (AvgIpc) is 2.61.